The van der Waals surface area contributed by atoms with E-state index in [1.165, 1.54) is 122 Å². The second-order valence-electron chi connectivity index (χ2n) is 16.2. The molecule has 2 unspecified atom stereocenters. The molecule has 1 heterocycles. The fourth-order valence-corrected chi connectivity index (χ4v) is 7.06. The summed E-state index contributed by atoms with van der Waals surface area (Å²) in [5.41, 5.74) is 0. The van der Waals surface area contributed by atoms with E-state index in [1.807, 2.05) is 0 Å². The van der Waals surface area contributed by atoms with Crippen molar-refractivity contribution in [1.82, 2.24) is 0 Å². The number of ether oxygens (including phenoxy) is 4. The number of aliphatic hydroxyl groups is 4. The molecular formula is C47H86O10. The van der Waals surface area contributed by atoms with Crippen molar-refractivity contribution < 1.29 is 49.0 Å². The van der Waals surface area contributed by atoms with Gasteiger partial charge < -0.3 is 39.4 Å². The van der Waals surface area contributed by atoms with Crippen LogP contribution in [-0.2, 0) is 28.5 Å². The largest absolute Gasteiger partial charge is 0.462 e. The van der Waals surface area contributed by atoms with Gasteiger partial charge in [0.05, 0.1) is 13.2 Å². The highest BCUT2D eigenvalue weighted by Crippen LogP contribution is 2.23. The van der Waals surface area contributed by atoms with E-state index in [9.17, 15) is 30.0 Å². The third-order valence-corrected chi connectivity index (χ3v) is 10.8. The summed E-state index contributed by atoms with van der Waals surface area (Å²) >= 11 is 0. The Morgan fingerprint density at radius 3 is 1.37 bits per heavy atom. The first kappa shape index (κ1) is 53.2. The van der Waals surface area contributed by atoms with Crippen molar-refractivity contribution in [2.24, 2.45) is 0 Å². The van der Waals surface area contributed by atoms with Crippen molar-refractivity contribution in [3.05, 3.63) is 24.3 Å². The number of hydrogen-bond donors (Lipinski definition) is 4. The summed E-state index contributed by atoms with van der Waals surface area (Å²) in [4.78, 5) is 25.3. The van der Waals surface area contributed by atoms with Crippen LogP contribution >= 0.6 is 0 Å². The minimum absolute atomic E-state index is 0.218. The van der Waals surface area contributed by atoms with Crippen LogP contribution in [0.15, 0.2) is 24.3 Å². The molecule has 0 aromatic rings. The van der Waals surface area contributed by atoms with Crippen molar-refractivity contribution in [2.45, 2.75) is 243 Å². The van der Waals surface area contributed by atoms with Crippen molar-refractivity contribution >= 4 is 11.9 Å². The summed E-state index contributed by atoms with van der Waals surface area (Å²) in [5, 5.41) is 40.1. The lowest BCUT2D eigenvalue weighted by atomic mass is 9.99. The summed E-state index contributed by atoms with van der Waals surface area (Å²) < 4.78 is 22.2. The number of carbonyl (C=O) groups is 2. The van der Waals surface area contributed by atoms with Gasteiger partial charge in [0.25, 0.3) is 0 Å². The van der Waals surface area contributed by atoms with Crippen LogP contribution in [0.4, 0.5) is 0 Å². The monoisotopic (exact) mass is 811 g/mol. The molecule has 0 bridgehead atoms. The molecular weight excluding hydrogens is 725 g/mol. The van der Waals surface area contributed by atoms with Gasteiger partial charge in [-0.1, -0.05) is 154 Å². The van der Waals surface area contributed by atoms with E-state index < -0.39 is 49.4 Å². The maximum atomic E-state index is 12.8. The molecule has 0 amide bonds. The summed E-state index contributed by atoms with van der Waals surface area (Å²) in [5.74, 6) is -0.808. The van der Waals surface area contributed by atoms with Crippen LogP contribution in [0.1, 0.15) is 206 Å². The van der Waals surface area contributed by atoms with E-state index in [2.05, 4.69) is 38.2 Å². The van der Waals surface area contributed by atoms with Crippen molar-refractivity contribution in [2.75, 3.05) is 19.8 Å². The van der Waals surface area contributed by atoms with Gasteiger partial charge >= 0.3 is 11.9 Å². The van der Waals surface area contributed by atoms with Crippen LogP contribution < -0.4 is 0 Å². The molecule has 0 spiro atoms. The van der Waals surface area contributed by atoms with Gasteiger partial charge in [-0.2, -0.15) is 0 Å². The van der Waals surface area contributed by atoms with Gasteiger partial charge in [0.15, 0.2) is 12.4 Å². The van der Waals surface area contributed by atoms with E-state index in [0.29, 0.717) is 6.42 Å². The first-order chi connectivity index (χ1) is 27.8. The van der Waals surface area contributed by atoms with Crippen LogP contribution in [0.3, 0.4) is 0 Å². The van der Waals surface area contributed by atoms with E-state index in [0.717, 1.165) is 51.4 Å². The summed E-state index contributed by atoms with van der Waals surface area (Å²) in [7, 11) is 0. The molecule has 0 radical (unpaired) electrons. The normalized spacial score (nSPS) is 20.4. The smallest absolute Gasteiger partial charge is 0.306 e. The SMILES string of the molecule is CCCCCC/C=C/CCCCCCCCCCCC(=O)O[C@H](COC(=O)CCCCCCCCC/C=C/CCCCCC)CO[C@@H]1O[C@H](CO)[C@H](O)C(O)C1O. The third-order valence-electron chi connectivity index (χ3n) is 10.8. The van der Waals surface area contributed by atoms with E-state index in [1.54, 1.807) is 0 Å². The number of carbonyl (C=O) groups excluding carboxylic acids is 2. The van der Waals surface area contributed by atoms with Gasteiger partial charge in [-0.05, 0) is 64.2 Å². The van der Waals surface area contributed by atoms with Crippen molar-refractivity contribution in [3.63, 3.8) is 0 Å². The number of esters is 2. The molecule has 334 valence electrons. The molecule has 0 aromatic carbocycles. The molecule has 1 aliphatic rings. The molecule has 57 heavy (non-hydrogen) atoms. The molecule has 0 saturated carbocycles. The Hall–Kier alpha value is -1.82. The molecule has 1 saturated heterocycles. The van der Waals surface area contributed by atoms with Crippen LogP contribution in [0.5, 0.6) is 0 Å². The van der Waals surface area contributed by atoms with Gasteiger partial charge in [0.1, 0.15) is 31.0 Å². The van der Waals surface area contributed by atoms with Crippen LogP contribution in [0, 0.1) is 0 Å². The highest BCUT2D eigenvalue weighted by molar-refractivity contribution is 5.70. The zero-order chi connectivity index (χ0) is 41.6. The van der Waals surface area contributed by atoms with Gasteiger partial charge in [-0.25, -0.2) is 0 Å². The standard InChI is InChI=1S/C47H86O10/c1-3-5-7-9-11-13-15-17-19-20-22-24-26-28-30-32-34-36-43(50)56-40(39-55-47-46(53)45(52)44(51)41(37-48)57-47)38-54-42(49)35-33-31-29-27-25-23-21-18-16-14-12-10-8-6-4-2/h13-16,40-41,44-48,51-53H,3-12,17-39H2,1-2H3/b15-13+,16-14+/t40-,41-,44+,45?,46?,47-/m1/s1. The van der Waals surface area contributed by atoms with E-state index in [4.69, 9.17) is 18.9 Å². The Labute approximate surface area is 347 Å². The van der Waals surface area contributed by atoms with Crippen LogP contribution in [0.2, 0.25) is 0 Å². The highest BCUT2D eigenvalue weighted by Gasteiger charge is 2.44. The lowest BCUT2D eigenvalue weighted by molar-refractivity contribution is -0.305. The Balaban J connectivity index is 2.31. The zero-order valence-corrected chi connectivity index (χ0v) is 36.3. The number of aliphatic hydroxyl groups excluding tert-OH is 4. The Morgan fingerprint density at radius 1 is 0.526 bits per heavy atom. The molecule has 4 N–H and O–H groups in total. The van der Waals surface area contributed by atoms with Gasteiger partial charge in [-0.15, -0.1) is 0 Å². The Morgan fingerprint density at radius 2 is 0.930 bits per heavy atom. The lowest BCUT2D eigenvalue weighted by Crippen LogP contribution is -2.59. The second kappa shape index (κ2) is 38.4. The van der Waals surface area contributed by atoms with Crippen molar-refractivity contribution in [1.29, 1.82) is 0 Å². The molecule has 10 nitrogen and oxygen atoms in total. The molecule has 1 fully saturated rings. The van der Waals surface area contributed by atoms with E-state index >= 15 is 0 Å². The quantitative estimate of drug-likeness (QED) is 0.0268. The van der Waals surface area contributed by atoms with Gasteiger partial charge in [-0.3, -0.25) is 9.59 Å². The fraction of sp³-hybridized carbons (Fsp3) is 0.872. The predicted molar refractivity (Wildman–Crippen MR) is 229 cm³/mol. The van der Waals surface area contributed by atoms with Gasteiger partial charge in [0, 0.05) is 12.8 Å². The fourth-order valence-electron chi connectivity index (χ4n) is 7.06. The van der Waals surface area contributed by atoms with Crippen molar-refractivity contribution in [3.8, 4) is 0 Å². The molecule has 0 aliphatic carbocycles. The average Bonchev–Trinajstić information content (AvgIpc) is 3.21. The maximum Gasteiger partial charge on any atom is 0.306 e. The summed E-state index contributed by atoms with van der Waals surface area (Å²) in [6, 6.07) is 0. The van der Waals surface area contributed by atoms with Crippen LogP contribution in [0.25, 0.3) is 0 Å². The number of unbranched alkanes of at least 4 members (excludes halogenated alkanes) is 24. The predicted octanol–water partition coefficient (Wildman–Crippen LogP) is 10.1. The zero-order valence-electron chi connectivity index (χ0n) is 36.3. The molecule has 6 atom stereocenters. The third kappa shape index (κ3) is 30.0. The molecule has 1 rings (SSSR count). The average molecular weight is 811 g/mol. The lowest BCUT2D eigenvalue weighted by Gasteiger charge is -2.39. The van der Waals surface area contributed by atoms with E-state index in [-0.39, 0.29) is 32.0 Å². The number of rotatable bonds is 39. The maximum absolute atomic E-state index is 12.8. The summed E-state index contributed by atoms with van der Waals surface area (Å²) in [6.07, 6.45) is 34.6. The Bertz CT molecular complexity index is 985. The first-order valence-corrected chi connectivity index (χ1v) is 23.4. The Kier molecular flexibility index (Phi) is 35.8. The minimum atomic E-state index is -1.59. The number of hydrogen-bond acceptors (Lipinski definition) is 10. The molecule has 1 aliphatic heterocycles. The minimum Gasteiger partial charge on any atom is -0.462 e. The number of allylic oxidation sites excluding steroid dienone is 4. The summed E-state index contributed by atoms with van der Waals surface area (Å²) in [6.45, 7) is 3.41. The van der Waals surface area contributed by atoms with Crippen LogP contribution in [-0.4, -0.2) is 89.0 Å². The first-order valence-electron chi connectivity index (χ1n) is 23.4. The molecule has 0 aromatic heterocycles. The topological polar surface area (TPSA) is 152 Å². The highest BCUT2D eigenvalue weighted by atomic mass is 16.7. The van der Waals surface area contributed by atoms with Gasteiger partial charge in [0.2, 0.25) is 0 Å². The second-order valence-corrected chi connectivity index (χ2v) is 16.2. The molecule has 10 heteroatoms.